The van der Waals surface area contributed by atoms with Crippen LogP contribution in [0.5, 0.6) is 0 Å². The lowest BCUT2D eigenvalue weighted by molar-refractivity contribution is -0.140. The van der Waals surface area contributed by atoms with Gasteiger partial charge in [0.25, 0.3) is 0 Å². The Kier molecular flexibility index (Phi) is 5.79. The molecule has 38 heavy (non-hydrogen) atoms. The summed E-state index contributed by atoms with van der Waals surface area (Å²) in [6.45, 7) is 3.60. The van der Waals surface area contributed by atoms with Crippen LogP contribution < -0.4 is 5.32 Å². The summed E-state index contributed by atoms with van der Waals surface area (Å²) >= 11 is 0. The van der Waals surface area contributed by atoms with Crippen LogP contribution in [0.15, 0.2) is 71.3 Å². The first-order valence-corrected chi connectivity index (χ1v) is 12.8. The zero-order valence-corrected chi connectivity index (χ0v) is 21.3. The number of amides is 1. The van der Waals surface area contributed by atoms with Gasteiger partial charge >= 0.3 is 12.1 Å². The molecule has 1 atom stereocenters. The number of hydrogen-bond donors (Lipinski definition) is 2. The zero-order chi connectivity index (χ0) is 26.4. The molecular weight excluding hydrogens is 480 g/mol. The van der Waals surface area contributed by atoms with Gasteiger partial charge in [0.15, 0.2) is 5.76 Å². The number of ether oxygens (including phenoxy) is 1. The van der Waals surface area contributed by atoms with Crippen LogP contribution in [0.25, 0.3) is 22.5 Å². The first-order valence-electron chi connectivity index (χ1n) is 12.8. The average Bonchev–Trinajstić information content (AvgIpc) is 3.67. The van der Waals surface area contributed by atoms with Gasteiger partial charge in [0.1, 0.15) is 17.5 Å². The molecule has 1 aromatic heterocycles. The topological polar surface area (TPSA) is 102 Å². The van der Waals surface area contributed by atoms with Crippen molar-refractivity contribution in [2.75, 3.05) is 5.32 Å². The molecule has 7 heteroatoms. The molecule has 0 saturated heterocycles. The predicted molar refractivity (Wildman–Crippen MR) is 143 cm³/mol. The van der Waals surface area contributed by atoms with Gasteiger partial charge in [-0.2, -0.15) is 0 Å². The Morgan fingerprint density at radius 2 is 1.68 bits per heavy atom. The maximum atomic E-state index is 12.7. The van der Waals surface area contributed by atoms with Crippen molar-refractivity contribution in [3.63, 3.8) is 0 Å². The molecule has 0 radical (unpaired) electrons. The van der Waals surface area contributed by atoms with Crippen molar-refractivity contribution in [1.82, 2.24) is 5.16 Å². The molecule has 0 bridgehead atoms. The second-order valence-electron chi connectivity index (χ2n) is 10.2. The predicted octanol–water partition coefficient (Wildman–Crippen LogP) is 6.84. The van der Waals surface area contributed by atoms with Crippen molar-refractivity contribution < 1.29 is 24.0 Å². The summed E-state index contributed by atoms with van der Waals surface area (Å²) in [5.74, 6) is -0.253. The quantitative estimate of drug-likeness (QED) is 0.296. The number of aryl methyl sites for hydroxylation is 3. The number of nitrogens with zero attached hydrogens (tertiary/aromatic N) is 1. The van der Waals surface area contributed by atoms with Gasteiger partial charge in [-0.05, 0) is 79.0 Å². The Hall–Kier alpha value is -4.39. The maximum Gasteiger partial charge on any atom is 0.412 e. The first-order chi connectivity index (χ1) is 18.4. The molecule has 6 rings (SSSR count). The van der Waals surface area contributed by atoms with Crippen LogP contribution in [0.1, 0.15) is 53.8 Å². The second kappa shape index (κ2) is 9.17. The third kappa shape index (κ3) is 4.14. The number of aromatic nitrogens is 1. The van der Waals surface area contributed by atoms with Gasteiger partial charge in [-0.25, -0.2) is 4.79 Å². The van der Waals surface area contributed by atoms with Gasteiger partial charge in [0.05, 0.1) is 5.41 Å². The lowest BCUT2D eigenvalue weighted by Gasteiger charge is -2.22. The normalized spacial score (nSPS) is 15.6. The van der Waals surface area contributed by atoms with E-state index in [9.17, 15) is 14.7 Å². The number of hydrogen-bond acceptors (Lipinski definition) is 5. The Morgan fingerprint density at radius 3 is 2.37 bits per heavy atom. The Bertz CT molecular complexity index is 1550. The summed E-state index contributed by atoms with van der Waals surface area (Å²) in [4.78, 5) is 24.5. The van der Waals surface area contributed by atoms with Crippen LogP contribution in [0.4, 0.5) is 10.5 Å². The highest BCUT2D eigenvalue weighted by Gasteiger charge is 2.51. The van der Waals surface area contributed by atoms with Gasteiger partial charge in [-0.15, -0.1) is 0 Å². The number of anilines is 1. The van der Waals surface area contributed by atoms with Crippen molar-refractivity contribution in [2.45, 2.75) is 51.0 Å². The fourth-order valence-electron chi connectivity index (χ4n) is 5.38. The summed E-state index contributed by atoms with van der Waals surface area (Å²) in [5.41, 5.74) is 7.59. The molecule has 4 aromatic rings. The number of carbonyl (C=O) groups excluding carboxylic acids is 1. The van der Waals surface area contributed by atoms with Crippen LogP contribution in [-0.4, -0.2) is 22.3 Å². The van der Waals surface area contributed by atoms with Crippen LogP contribution in [0.3, 0.4) is 0 Å². The van der Waals surface area contributed by atoms with Gasteiger partial charge in [0, 0.05) is 5.56 Å². The third-order valence-electron chi connectivity index (χ3n) is 7.78. The average molecular weight is 509 g/mol. The molecule has 2 N–H and O–H groups in total. The molecule has 2 aliphatic rings. The number of nitrogens with one attached hydrogen (secondary N) is 1. The molecule has 0 aliphatic heterocycles. The molecule has 1 heterocycles. The van der Waals surface area contributed by atoms with E-state index in [1.165, 1.54) is 11.1 Å². The van der Waals surface area contributed by atoms with E-state index in [2.05, 4.69) is 34.7 Å². The number of rotatable bonds is 6. The van der Waals surface area contributed by atoms with E-state index in [1.54, 1.807) is 6.92 Å². The van der Waals surface area contributed by atoms with E-state index in [0.717, 1.165) is 40.7 Å². The highest BCUT2D eigenvalue weighted by atomic mass is 16.6. The number of carbonyl (C=O) groups is 2. The van der Waals surface area contributed by atoms with E-state index in [4.69, 9.17) is 9.26 Å². The van der Waals surface area contributed by atoms with Crippen molar-refractivity contribution >= 4 is 17.7 Å². The number of carboxylic acids is 1. The molecule has 0 spiro atoms. The highest BCUT2D eigenvalue weighted by molar-refractivity contribution is 5.91. The van der Waals surface area contributed by atoms with E-state index < -0.39 is 23.6 Å². The largest absolute Gasteiger partial charge is 0.481 e. The zero-order valence-electron chi connectivity index (χ0n) is 21.3. The fourth-order valence-corrected chi connectivity index (χ4v) is 5.38. The summed E-state index contributed by atoms with van der Waals surface area (Å²) in [6, 6.07) is 21.8. The Balaban J connectivity index is 1.24. The summed E-state index contributed by atoms with van der Waals surface area (Å²) in [7, 11) is 0. The molecule has 1 saturated carbocycles. The summed E-state index contributed by atoms with van der Waals surface area (Å²) < 4.78 is 11.2. The molecule has 2 aliphatic carbocycles. The minimum atomic E-state index is -0.733. The van der Waals surface area contributed by atoms with Gasteiger partial charge in [-0.1, -0.05) is 65.8 Å². The third-order valence-corrected chi connectivity index (χ3v) is 7.78. The van der Waals surface area contributed by atoms with Gasteiger partial charge < -0.3 is 14.4 Å². The Labute approximate surface area is 220 Å². The van der Waals surface area contributed by atoms with Crippen molar-refractivity contribution in [1.29, 1.82) is 0 Å². The van der Waals surface area contributed by atoms with E-state index >= 15 is 0 Å². The highest BCUT2D eigenvalue weighted by Crippen LogP contribution is 2.50. The van der Waals surface area contributed by atoms with E-state index in [1.807, 2.05) is 49.4 Å². The minimum absolute atomic E-state index is 0.408. The number of benzene rings is 3. The molecule has 0 unspecified atom stereocenters. The van der Waals surface area contributed by atoms with Crippen LogP contribution in [-0.2, 0) is 27.8 Å². The molecule has 3 aromatic carbocycles. The minimum Gasteiger partial charge on any atom is -0.481 e. The van der Waals surface area contributed by atoms with Gasteiger partial charge in [-0.3, -0.25) is 10.1 Å². The van der Waals surface area contributed by atoms with Crippen LogP contribution in [0, 0.1) is 6.92 Å². The monoisotopic (exact) mass is 508 g/mol. The number of aliphatic carboxylic acids is 1. The lowest BCUT2D eigenvalue weighted by Crippen LogP contribution is -2.20. The van der Waals surface area contributed by atoms with E-state index in [-0.39, 0.29) is 0 Å². The first kappa shape index (κ1) is 24.0. The summed E-state index contributed by atoms with van der Waals surface area (Å²) in [5, 5.41) is 16.6. The summed E-state index contributed by atoms with van der Waals surface area (Å²) in [6.07, 6.45) is 2.08. The SMILES string of the molecule is Cc1noc(-c2ccc3c(c2)CCc2cc(C4(C(=O)O)CC4)ccc2-3)c1NC(=O)O[C@H](C)c1ccccc1. The number of carboxylic acid groups (broad SMARTS) is 1. The fraction of sp³-hybridized carbons (Fsp3) is 0.258. The van der Waals surface area contributed by atoms with Gasteiger partial charge in [0.2, 0.25) is 0 Å². The van der Waals surface area contributed by atoms with Crippen molar-refractivity contribution in [3.05, 3.63) is 94.7 Å². The van der Waals surface area contributed by atoms with E-state index in [0.29, 0.717) is 30.0 Å². The Morgan fingerprint density at radius 1 is 1.00 bits per heavy atom. The molecule has 1 amide bonds. The molecule has 7 nitrogen and oxygen atoms in total. The molecular formula is C31H28N2O5. The van der Waals surface area contributed by atoms with Crippen LogP contribution in [0.2, 0.25) is 0 Å². The van der Waals surface area contributed by atoms with Crippen molar-refractivity contribution in [2.24, 2.45) is 0 Å². The molecule has 192 valence electrons. The van der Waals surface area contributed by atoms with Crippen LogP contribution >= 0.6 is 0 Å². The maximum absolute atomic E-state index is 12.7. The number of fused-ring (bicyclic) bond motifs is 3. The molecule has 1 fully saturated rings. The second-order valence-corrected chi connectivity index (χ2v) is 10.2. The van der Waals surface area contributed by atoms with Crippen molar-refractivity contribution in [3.8, 4) is 22.5 Å². The smallest absolute Gasteiger partial charge is 0.412 e. The lowest BCUT2D eigenvalue weighted by atomic mass is 9.82. The standard InChI is InChI=1S/C31H28N2O5/c1-18-27(32-30(36)37-19(2)20-6-4-3-5-7-20)28(38-33-18)23-10-12-25-21(16-23)8-9-22-17-24(11-13-26(22)25)31(14-15-31)29(34)35/h3-7,10-13,16-17,19H,8-9,14-15H2,1-2H3,(H,32,36)(H,34,35)/t19-/m1/s1.